The minimum atomic E-state index is -5.07. The summed E-state index contributed by atoms with van der Waals surface area (Å²) >= 11 is 0.789. The zero-order valence-electron chi connectivity index (χ0n) is 16.7. The van der Waals surface area contributed by atoms with Crippen LogP contribution in [0.4, 0.5) is 23.2 Å². The van der Waals surface area contributed by atoms with Crippen molar-refractivity contribution in [2.24, 2.45) is 5.92 Å². The van der Waals surface area contributed by atoms with Crippen molar-refractivity contribution in [3.8, 4) is 0 Å². The summed E-state index contributed by atoms with van der Waals surface area (Å²) in [4.78, 5) is 14.2. The summed E-state index contributed by atoms with van der Waals surface area (Å²) < 4.78 is 62.9. The smallest absolute Gasteiger partial charge is 0.378 e. The SMILES string of the molecule is COC1(F)C=CC=CC1[C@H](Nc1cccc2[nH]c(=O)ccc12)[C@](O)(CSC)C(F)(F)F. The molecule has 0 spiro atoms. The first kappa shape index (κ1) is 23.4. The molecule has 1 heterocycles. The third-order valence-electron chi connectivity index (χ3n) is 5.33. The van der Waals surface area contributed by atoms with Crippen LogP contribution in [-0.4, -0.2) is 52.9 Å². The zero-order chi connectivity index (χ0) is 22.9. The number of hydrogen-bond donors (Lipinski definition) is 3. The summed E-state index contributed by atoms with van der Waals surface area (Å²) in [6, 6.07) is 5.45. The van der Waals surface area contributed by atoms with Gasteiger partial charge in [0.2, 0.25) is 11.4 Å². The van der Waals surface area contributed by atoms with Gasteiger partial charge >= 0.3 is 6.18 Å². The van der Waals surface area contributed by atoms with E-state index in [9.17, 15) is 23.1 Å². The molecule has 3 N–H and O–H groups in total. The maximum Gasteiger partial charge on any atom is 0.420 e. The number of thioether (sulfide) groups is 1. The molecule has 2 aromatic rings. The molecule has 1 aliphatic rings. The molecule has 0 amide bonds. The molecule has 1 aliphatic carbocycles. The van der Waals surface area contributed by atoms with Crippen LogP contribution in [0.3, 0.4) is 0 Å². The predicted octanol–water partition coefficient (Wildman–Crippen LogP) is 4.02. The molecule has 0 aliphatic heterocycles. The topological polar surface area (TPSA) is 74.3 Å². The highest BCUT2D eigenvalue weighted by molar-refractivity contribution is 7.98. The summed E-state index contributed by atoms with van der Waals surface area (Å²) in [6.45, 7) is 0. The van der Waals surface area contributed by atoms with E-state index < -0.39 is 35.3 Å². The number of benzene rings is 1. The second-order valence-corrected chi connectivity index (χ2v) is 8.10. The fourth-order valence-electron chi connectivity index (χ4n) is 3.71. The molecule has 0 bridgehead atoms. The van der Waals surface area contributed by atoms with E-state index in [1.165, 1.54) is 48.7 Å². The molecule has 3 rings (SSSR count). The lowest BCUT2D eigenvalue weighted by Gasteiger charge is -2.45. The number of aliphatic hydroxyl groups is 1. The number of nitrogens with one attached hydrogen (secondary N) is 2. The molecule has 0 radical (unpaired) electrons. The van der Waals surface area contributed by atoms with E-state index in [4.69, 9.17) is 4.74 Å². The summed E-state index contributed by atoms with van der Waals surface area (Å²) in [5.74, 6) is -4.83. The first-order valence-electron chi connectivity index (χ1n) is 9.32. The van der Waals surface area contributed by atoms with Crippen LogP contribution < -0.4 is 10.9 Å². The van der Waals surface area contributed by atoms with Gasteiger partial charge in [0.1, 0.15) is 0 Å². The Labute approximate surface area is 180 Å². The van der Waals surface area contributed by atoms with E-state index in [1.807, 2.05) is 0 Å². The van der Waals surface area contributed by atoms with E-state index in [0.29, 0.717) is 10.9 Å². The molecule has 5 nitrogen and oxygen atoms in total. The summed E-state index contributed by atoms with van der Waals surface area (Å²) in [6.07, 6.45) is 1.35. The normalized spacial score (nSPS) is 24.2. The van der Waals surface area contributed by atoms with Crippen molar-refractivity contribution in [2.75, 3.05) is 24.4 Å². The fraction of sp³-hybridized carbons (Fsp3) is 0.381. The average Bonchev–Trinajstić information content (AvgIpc) is 2.71. The third kappa shape index (κ3) is 4.37. The van der Waals surface area contributed by atoms with Crippen LogP contribution in [0.25, 0.3) is 10.9 Å². The van der Waals surface area contributed by atoms with Gasteiger partial charge in [0.05, 0.1) is 17.5 Å². The van der Waals surface area contributed by atoms with Crippen LogP contribution in [-0.2, 0) is 4.74 Å². The van der Waals surface area contributed by atoms with Crippen molar-refractivity contribution in [3.63, 3.8) is 0 Å². The fourth-order valence-corrected chi connectivity index (χ4v) is 4.49. The number of hydrogen-bond acceptors (Lipinski definition) is 5. The number of H-pyrrole nitrogens is 1. The van der Waals surface area contributed by atoms with Crippen molar-refractivity contribution in [1.82, 2.24) is 4.98 Å². The van der Waals surface area contributed by atoms with Gasteiger partial charge in [-0.2, -0.15) is 24.9 Å². The summed E-state index contributed by atoms with van der Waals surface area (Å²) in [5.41, 5.74) is -3.09. The van der Waals surface area contributed by atoms with E-state index in [2.05, 4.69) is 10.3 Å². The monoisotopic (exact) mass is 458 g/mol. The minimum Gasteiger partial charge on any atom is -0.378 e. The number of allylic oxidation sites excluding steroid dienone is 2. The van der Waals surface area contributed by atoms with Gasteiger partial charge in [-0.25, -0.2) is 4.39 Å². The molecule has 4 atom stereocenters. The lowest BCUT2D eigenvalue weighted by atomic mass is 9.78. The molecule has 2 unspecified atom stereocenters. The van der Waals surface area contributed by atoms with E-state index in [0.717, 1.165) is 24.9 Å². The molecule has 1 aromatic heterocycles. The molecule has 0 fully saturated rings. The van der Waals surface area contributed by atoms with Gasteiger partial charge in [-0.05, 0) is 30.5 Å². The van der Waals surface area contributed by atoms with Gasteiger partial charge < -0.3 is 20.1 Å². The van der Waals surface area contributed by atoms with Gasteiger partial charge in [-0.15, -0.1) is 0 Å². The highest BCUT2D eigenvalue weighted by Gasteiger charge is 2.63. The van der Waals surface area contributed by atoms with Crippen LogP contribution in [0, 0.1) is 5.92 Å². The number of ether oxygens (including phenoxy) is 1. The molecule has 0 saturated heterocycles. The van der Waals surface area contributed by atoms with Crippen molar-refractivity contribution in [3.05, 3.63) is 65.0 Å². The van der Waals surface area contributed by atoms with Crippen LogP contribution in [0.1, 0.15) is 0 Å². The van der Waals surface area contributed by atoms with Crippen LogP contribution in [0.2, 0.25) is 0 Å². The maximum absolute atomic E-state index is 15.5. The van der Waals surface area contributed by atoms with Gasteiger partial charge in [-0.3, -0.25) is 4.79 Å². The van der Waals surface area contributed by atoms with Gasteiger partial charge in [-0.1, -0.05) is 24.3 Å². The summed E-state index contributed by atoms with van der Waals surface area (Å²) in [5, 5.41) is 14.1. The van der Waals surface area contributed by atoms with Crippen molar-refractivity contribution in [2.45, 2.75) is 23.7 Å². The number of anilines is 1. The highest BCUT2D eigenvalue weighted by Crippen LogP contribution is 2.45. The first-order valence-corrected chi connectivity index (χ1v) is 10.7. The predicted molar refractivity (Wildman–Crippen MR) is 114 cm³/mol. The molecule has 168 valence electrons. The second-order valence-electron chi connectivity index (χ2n) is 7.24. The molecular weight excluding hydrogens is 436 g/mol. The number of methoxy groups -OCH3 is 1. The van der Waals surface area contributed by atoms with Crippen molar-refractivity contribution >= 4 is 28.4 Å². The van der Waals surface area contributed by atoms with Crippen LogP contribution in [0.15, 0.2) is 59.4 Å². The Hall–Kier alpha value is -2.30. The standard InChI is InChI=1S/C21H22F4N2O3S/c1-30-20(22)11-4-3-6-14(20)18(19(29,12-31-2)21(23,24)25)27-16-8-5-7-15-13(16)9-10-17(28)26-15/h3-11,14,18,27,29H,12H2,1-2H3,(H,26,28)/t14?,18-,19+,20?/m0/s1. The number of alkyl halides is 4. The van der Waals surface area contributed by atoms with Crippen LogP contribution >= 0.6 is 11.8 Å². The third-order valence-corrected chi connectivity index (χ3v) is 6.05. The minimum absolute atomic E-state index is 0.198. The number of pyridine rings is 1. The Morgan fingerprint density at radius 2 is 2.03 bits per heavy atom. The Kier molecular flexibility index (Phi) is 6.54. The van der Waals surface area contributed by atoms with Gasteiger partial charge in [0.25, 0.3) is 0 Å². The average molecular weight is 458 g/mol. The summed E-state index contributed by atoms with van der Waals surface area (Å²) in [7, 11) is 1.05. The maximum atomic E-state index is 15.5. The lowest BCUT2D eigenvalue weighted by Crippen LogP contribution is -2.64. The molecule has 10 heteroatoms. The Morgan fingerprint density at radius 3 is 2.68 bits per heavy atom. The molecule has 31 heavy (non-hydrogen) atoms. The van der Waals surface area contributed by atoms with E-state index in [-0.39, 0.29) is 11.2 Å². The Balaban J connectivity index is 2.18. The van der Waals surface area contributed by atoms with E-state index in [1.54, 1.807) is 6.07 Å². The van der Waals surface area contributed by atoms with Gasteiger partial charge in [0, 0.05) is 30.0 Å². The zero-order valence-corrected chi connectivity index (χ0v) is 17.6. The molecule has 0 saturated carbocycles. The Bertz CT molecular complexity index is 1050. The number of aromatic amines is 1. The Morgan fingerprint density at radius 1 is 1.29 bits per heavy atom. The van der Waals surface area contributed by atoms with Crippen molar-refractivity contribution in [1.29, 1.82) is 0 Å². The molecule has 1 aromatic carbocycles. The quantitative estimate of drug-likeness (QED) is 0.547. The second kappa shape index (κ2) is 8.68. The number of halogens is 4. The molecular formula is C21H22F4N2O3S. The lowest BCUT2D eigenvalue weighted by molar-refractivity contribution is -0.265. The van der Waals surface area contributed by atoms with Crippen molar-refractivity contribution < 1.29 is 27.4 Å². The van der Waals surface area contributed by atoms with E-state index >= 15 is 4.39 Å². The number of rotatable bonds is 7. The number of aromatic nitrogens is 1. The highest BCUT2D eigenvalue weighted by atomic mass is 32.2. The first-order chi connectivity index (χ1) is 14.6. The van der Waals surface area contributed by atoms with Crippen LogP contribution in [0.5, 0.6) is 0 Å². The largest absolute Gasteiger partial charge is 0.420 e. The van der Waals surface area contributed by atoms with Gasteiger partial charge in [0.15, 0.2) is 5.60 Å². The number of fused-ring (bicyclic) bond motifs is 1.